The lowest BCUT2D eigenvalue weighted by atomic mass is 9.98. The highest BCUT2D eigenvalue weighted by Gasteiger charge is 2.39. The molecule has 2 aliphatic rings. The topological polar surface area (TPSA) is 46.2 Å². The minimum absolute atomic E-state index is 0.00512. The summed E-state index contributed by atoms with van der Waals surface area (Å²) >= 11 is 0. The molecular weight excluding hydrogens is 260 g/mol. The summed E-state index contributed by atoms with van der Waals surface area (Å²) in [5.41, 5.74) is 0. The summed E-state index contributed by atoms with van der Waals surface area (Å²) in [5, 5.41) is 0. The van der Waals surface area contributed by atoms with E-state index in [1.54, 1.807) is 14.2 Å². The third-order valence-corrected chi connectivity index (χ3v) is 4.22. The van der Waals surface area contributed by atoms with Gasteiger partial charge >= 0.3 is 0 Å². The van der Waals surface area contributed by atoms with E-state index in [0.717, 1.165) is 19.3 Å². The highest BCUT2D eigenvalue weighted by Crippen LogP contribution is 2.29. The maximum Gasteiger partial charge on any atom is 0.161 e. The Kier molecular flexibility index (Phi) is 5.81. The van der Waals surface area contributed by atoms with E-state index in [1.165, 1.54) is 0 Å². The summed E-state index contributed by atoms with van der Waals surface area (Å²) < 4.78 is 28.9. The van der Waals surface area contributed by atoms with Crippen molar-refractivity contribution >= 4 is 0 Å². The van der Waals surface area contributed by atoms with Crippen molar-refractivity contribution in [1.29, 1.82) is 0 Å². The summed E-state index contributed by atoms with van der Waals surface area (Å²) in [6, 6.07) is 0. The zero-order chi connectivity index (χ0) is 14.7. The van der Waals surface area contributed by atoms with Crippen LogP contribution in [0.5, 0.6) is 0 Å². The summed E-state index contributed by atoms with van der Waals surface area (Å²) in [7, 11) is 3.47. The number of methoxy groups -OCH3 is 2. The maximum absolute atomic E-state index is 6.15. The Morgan fingerprint density at radius 1 is 0.850 bits per heavy atom. The van der Waals surface area contributed by atoms with Gasteiger partial charge in [0, 0.05) is 27.1 Å². The lowest BCUT2D eigenvalue weighted by molar-refractivity contribution is -0.279. The molecule has 0 bridgehead atoms. The van der Waals surface area contributed by atoms with Gasteiger partial charge in [-0.3, -0.25) is 0 Å². The molecule has 2 aliphatic heterocycles. The normalized spacial score (nSPS) is 46.4. The van der Waals surface area contributed by atoms with Gasteiger partial charge in [-0.15, -0.1) is 0 Å². The van der Waals surface area contributed by atoms with Crippen LogP contribution in [0.1, 0.15) is 40.0 Å². The second kappa shape index (κ2) is 7.18. The Morgan fingerprint density at radius 2 is 1.55 bits per heavy atom. The van der Waals surface area contributed by atoms with E-state index < -0.39 is 0 Å². The molecule has 0 aromatic rings. The van der Waals surface area contributed by atoms with Gasteiger partial charge in [0.25, 0.3) is 0 Å². The van der Waals surface area contributed by atoms with E-state index in [-0.39, 0.29) is 42.9 Å². The summed E-state index contributed by atoms with van der Waals surface area (Å²) in [6.07, 6.45) is 2.79. The van der Waals surface area contributed by atoms with Crippen LogP contribution in [0.3, 0.4) is 0 Å². The Labute approximate surface area is 121 Å². The third-order valence-electron chi connectivity index (χ3n) is 4.22. The molecule has 2 saturated heterocycles. The summed E-state index contributed by atoms with van der Waals surface area (Å²) in [6.45, 7) is 6.16. The van der Waals surface area contributed by atoms with Crippen molar-refractivity contribution in [3.63, 3.8) is 0 Å². The third kappa shape index (κ3) is 3.92. The standard InChI is InChI=1S/C15H28O5/c1-9-6-12(16-4)8-14(19-9)20-15-11(3)18-10(2)7-13(15)17-5/h9-15H,6-8H2,1-5H3. The molecule has 0 radical (unpaired) electrons. The van der Waals surface area contributed by atoms with Crippen molar-refractivity contribution in [2.75, 3.05) is 14.2 Å². The lowest BCUT2D eigenvalue weighted by Crippen LogP contribution is -2.51. The average molecular weight is 288 g/mol. The molecule has 5 nitrogen and oxygen atoms in total. The first-order valence-electron chi connectivity index (χ1n) is 7.55. The van der Waals surface area contributed by atoms with Gasteiger partial charge in [-0.25, -0.2) is 0 Å². The van der Waals surface area contributed by atoms with Gasteiger partial charge in [0.15, 0.2) is 6.29 Å². The van der Waals surface area contributed by atoms with Crippen LogP contribution in [-0.4, -0.2) is 57.1 Å². The van der Waals surface area contributed by atoms with Gasteiger partial charge in [-0.1, -0.05) is 0 Å². The minimum atomic E-state index is -0.245. The van der Waals surface area contributed by atoms with E-state index in [2.05, 4.69) is 13.8 Å². The zero-order valence-corrected chi connectivity index (χ0v) is 13.2. The molecule has 5 heteroatoms. The Morgan fingerprint density at radius 3 is 2.20 bits per heavy atom. The molecule has 0 saturated carbocycles. The Balaban J connectivity index is 1.96. The fourth-order valence-electron chi connectivity index (χ4n) is 3.20. The predicted molar refractivity (Wildman–Crippen MR) is 74.7 cm³/mol. The SMILES string of the molecule is COC1CC(C)OC(OC2C(C)OC(C)CC2OC)C1. The van der Waals surface area contributed by atoms with Crippen LogP contribution in [0.4, 0.5) is 0 Å². The summed E-state index contributed by atoms with van der Waals surface area (Å²) in [4.78, 5) is 0. The molecule has 7 unspecified atom stereocenters. The molecule has 0 aliphatic carbocycles. The molecule has 0 aromatic heterocycles. The van der Waals surface area contributed by atoms with Crippen LogP contribution in [-0.2, 0) is 23.7 Å². The fourth-order valence-corrected chi connectivity index (χ4v) is 3.20. The van der Waals surface area contributed by atoms with E-state index in [9.17, 15) is 0 Å². The average Bonchev–Trinajstić information content (AvgIpc) is 2.40. The van der Waals surface area contributed by atoms with Crippen molar-refractivity contribution in [3.8, 4) is 0 Å². The van der Waals surface area contributed by atoms with Crippen LogP contribution >= 0.6 is 0 Å². The predicted octanol–water partition coefficient (Wildman–Crippen LogP) is 2.12. The Hall–Kier alpha value is -0.200. The van der Waals surface area contributed by atoms with E-state index in [4.69, 9.17) is 23.7 Å². The first-order chi connectivity index (χ1) is 9.53. The Bertz CT molecular complexity index is 298. The van der Waals surface area contributed by atoms with E-state index in [0.29, 0.717) is 0 Å². The van der Waals surface area contributed by atoms with Crippen molar-refractivity contribution in [3.05, 3.63) is 0 Å². The molecular formula is C15H28O5. The second-order valence-corrected chi connectivity index (χ2v) is 5.97. The maximum atomic E-state index is 6.15. The van der Waals surface area contributed by atoms with Gasteiger partial charge in [0.1, 0.15) is 6.10 Å². The van der Waals surface area contributed by atoms with Crippen LogP contribution in [0, 0.1) is 0 Å². The number of hydrogen-bond acceptors (Lipinski definition) is 5. The molecule has 20 heavy (non-hydrogen) atoms. The highest BCUT2D eigenvalue weighted by molar-refractivity contribution is 4.85. The van der Waals surface area contributed by atoms with Gasteiger partial charge in [0.05, 0.1) is 30.5 Å². The first-order valence-corrected chi connectivity index (χ1v) is 7.55. The van der Waals surface area contributed by atoms with Crippen LogP contribution in [0.2, 0.25) is 0 Å². The fraction of sp³-hybridized carbons (Fsp3) is 1.00. The molecule has 2 fully saturated rings. The molecule has 0 spiro atoms. The van der Waals surface area contributed by atoms with Crippen LogP contribution in [0.15, 0.2) is 0 Å². The van der Waals surface area contributed by atoms with E-state index >= 15 is 0 Å². The van der Waals surface area contributed by atoms with Crippen LogP contribution in [0.25, 0.3) is 0 Å². The quantitative estimate of drug-likeness (QED) is 0.793. The number of rotatable bonds is 4. The molecule has 0 aromatic carbocycles. The largest absolute Gasteiger partial charge is 0.381 e. The van der Waals surface area contributed by atoms with Crippen molar-refractivity contribution in [2.24, 2.45) is 0 Å². The minimum Gasteiger partial charge on any atom is -0.381 e. The number of hydrogen-bond donors (Lipinski definition) is 0. The van der Waals surface area contributed by atoms with Gasteiger partial charge in [0.2, 0.25) is 0 Å². The van der Waals surface area contributed by atoms with Crippen molar-refractivity contribution in [1.82, 2.24) is 0 Å². The van der Waals surface area contributed by atoms with Crippen molar-refractivity contribution < 1.29 is 23.7 Å². The zero-order valence-electron chi connectivity index (χ0n) is 13.2. The van der Waals surface area contributed by atoms with Gasteiger partial charge in [-0.05, 0) is 27.2 Å². The molecule has 2 heterocycles. The monoisotopic (exact) mass is 288 g/mol. The van der Waals surface area contributed by atoms with Crippen LogP contribution < -0.4 is 0 Å². The number of ether oxygens (including phenoxy) is 5. The molecule has 0 N–H and O–H groups in total. The van der Waals surface area contributed by atoms with E-state index in [1.807, 2.05) is 6.92 Å². The molecule has 118 valence electrons. The first kappa shape index (κ1) is 16.2. The van der Waals surface area contributed by atoms with Gasteiger partial charge < -0.3 is 23.7 Å². The molecule has 0 amide bonds. The molecule has 7 atom stereocenters. The van der Waals surface area contributed by atoms with Gasteiger partial charge in [-0.2, -0.15) is 0 Å². The molecule has 2 rings (SSSR count). The highest BCUT2D eigenvalue weighted by atomic mass is 16.7. The second-order valence-electron chi connectivity index (χ2n) is 5.97. The lowest BCUT2D eigenvalue weighted by Gasteiger charge is -2.42. The van der Waals surface area contributed by atoms with Crippen molar-refractivity contribution in [2.45, 2.75) is 82.9 Å². The summed E-state index contributed by atoms with van der Waals surface area (Å²) in [5.74, 6) is 0. The smallest absolute Gasteiger partial charge is 0.161 e.